The Kier molecular flexibility index (Phi) is 20.8. The smallest absolute Gasteiger partial charge is 0.282 e. The van der Waals surface area contributed by atoms with Crippen molar-refractivity contribution < 1.29 is 33.1 Å². The van der Waals surface area contributed by atoms with Crippen molar-refractivity contribution in [2.75, 3.05) is 16.0 Å². The quantitative estimate of drug-likeness (QED) is 0.0493. The topological polar surface area (TPSA) is 217 Å². The zero-order chi connectivity index (χ0) is 56.4. The highest BCUT2D eigenvalue weighted by molar-refractivity contribution is 6.31. The highest BCUT2D eigenvalue weighted by Crippen LogP contribution is 2.26. The fourth-order valence-electron chi connectivity index (χ4n) is 7.38. The normalized spacial score (nSPS) is 10.8. The summed E-state index contributed by atoms with van der Waals surface area (Å²) in [5.74, 6) is 3.67. The molecule has 9 rings (SSSR count). The minimum absolute atomic E-state index is 0.0691. The van der Waals surface area contributed by atoms with E-state index in [-0.39, 0.29) is 29.7 Å². The molecule has 9 aromatic rings. The molecule has 0 saturated carbocycles. The molecule has 0 radical (unpaired) electrons. The van der Waals surface area contributed by atoms with Crippen molar-refractivity contribution >= 4 is 93.0 Å². The molecule has 406 valence electrons. The van der Waals surface area contributed by atoms with Crippen LogP contribution in [-0.4, -0.2) is 73.0 Å². The van der Waals surface area contributed by atoms with Crippen molar-refractivity contribution in [3.05, 3.63) is 195 Å². The number of aliphatic hydroxyl groups excluding tert-OH is 1. The van der Waals surface area contributed by atoms with E-state index in [2.05, 4.69) is 46.2 Å². The van der Waals surface area contributed by atoms with Gasteiger partial charge in [-0.05, 0) is 184 Å². The summed E-state index contributed by atoms with van der Waals surface area (Å²) >= 11 is 17.7. The Balaban J connectivity index is 0.000000172. The molecule has 0 spiro atoms. The lowest BCUT2D eigenvalue weighted by atomic mass is 10.1. The van der Waals surface area contributed by atoms with Gasteiger partial charge in [-0.15, -0.1) is 0 Å². The number of nitrogens with one attached hydrogen (secondary N) is 3. The van der Waals surface area contributed by atoms with E-state index in [9.17, 15) is 33.1 Å². The number of hydrogen-bond donors (Lipinski definition) is 4. The second-order valence-corrected chi connectivity index (χ2v) is 19.2. The summed E-state index contributed by atoms with van der Waals surface area (Å²) in [7, 11) is 0. The fourth-order valence-corrected chi connectivity index (χ4v) is 7.76. The first-order valence-electron chi connectivity index (χ1n) is 24.6. The van der Waals surface area contributed by atoms with Gasteiger partial charge in [-0.25, -0.2) is 37.8 Å². The molecule has 79 heavy (non-hydrogen) atoms. The number of Topliss-reactive ketones (excluding diaryl/α,β-unsaturated/α-hetero) is 3. The van der Waals surface area contributed by atoms with Crippen molar-refractivity contribution in [2.24, 2.45) is 0 Å². The van der Waals surface area contributed by atoms with E-state index in [1.54, 1.807) is 97.7 Å². The SMILES string of the molecule is CC(=O)CCc1cc(Nc2ccc(Cl)cc2)nc(-n2ccc(C(F)F)n2)c1.CC(=O)CCc1cc(Nc2ccc(Cl)cc2)nc(-n2ccc(C=O)n2)c1.CC(=O)CCc1cc(Nc2ccc(Cl)cc2)nc(-n2ccc(CO)n2)c1. The van der Waals surface area contributed by atoms with E-state index in [0.717, 1.165) is 33.8 Å². The van der Waals surface area contributed by atoms with Crippen LogP contribution in [0.4, 0.5) is 43.3 Å². The van der Waals surface area contributed by atoms with Crippen LogP contribution in [0.5, 0.6) is 0 Å². The number of hydrogen-bond acceptors (Lipinski definition) is 14. The molecule has 0 bridgehead atoms. The molecule has 0 amide bonds. The van der Waals surface area contributed by atoms with Crippen molar-refractivity contribution in [3.63, 3.8) is 0 Å². The molecule has 0 atom stereocenters. The molecule has 4 N–H and O–H groups in total. The van der Waals surface area contributed by atoms with Crippen molar-refractivity contribution in [2.45, 2.75) is 72.3 Å². The lowest BCUT2D eigenvalue weighted by molar-refractivity contribution is -0.117. The summed E-state index contributed by atoms with van der Waals surface area (Å²) < 4.78 is 30.1. The van der Waals surface area contributed by atoms with Crippen molar-refractivity contribution in [1.82, 2.24) is 44.3 Å². The number of pyridine rings is 3. The zero-order valence-corrected chi connectivity index (χ0v) is 45.2. The zero-order valence-electron chi connectivity index (χ0n) is 43.0. The lowest BCUT2D eigenvalue weighted by Gasteiger charge is -2.11. The van der Waals surface area contributed by atoms with Crippen LogP contribution in [0.1, 0.15) is 85.0 Å². The Bertz CT molecular complexity index is 3520. The first-order chi connectivity index (χ1) is 38.0. The largest absolute Gasteiger partial charge is 0.390 e. The van der Waals surface area contributed by atoms with Crippen LogP contribution in [0.2, 0.25) is 15.1 Å². The molecule has 6 aromatic heterocycles. The average Bonchev–Trinajstić information content (AvgIpc) is 4.25. The molecule has 0 aliphatic carbocycles. The van der Waals surface area contributed by atoms with Crippen LogP contribution in [0.15, 0.2) is 146 Å². The maximum absolute atomic E-state index is 12.8. The number of aliphatic hydroxyl groups is 1. The predicted octanol–water partition coefficient (Wildman–Crippen LogP) is 12.8. The van der Waals surface area contributed by atoms with Gasteiger partial charge in [0.05, 0.1) is 12.3 Å². The average molecular weight is 1130 g/mol. The summed E-state index contributed by atoms with van der Waals surface area (Å²) in [5.41, 5.74) is 5.81. The van der Waals surface area contributed by atoms with E-state index in [4.69, 9.17) is 34.8 Å². The number of carbonyl (C=O) groups excluding carboxylic acids is 4. The van der Waals surface area contributed by atoms with Crippen LogP contribution < -0.4 is 16.0 Å². The number of halogens is 5. The number of aromatic nitrogens is 9. The Labute approximate surface area is 468 Å². The lowest BCUT2D eigenvalue weighted by Crippen LogP contribution is -2.05. The number of nitrogens with zero attached hydrogens (tertiary/aromatic N) is 9. The van der Waals surface area contributed by atoms with Gasteiger partial charge in [0.25, 0.3) is 6.43 Å². The van der Waals surface area contributed by atoms with Crippen LogP contribution >= 0.6 is 34.8 Å². The number of alkyl halides is 2. The molecule has 0 aliphatic heterocycles. The molecular formula is C57H53Cl3F2N12O5. The van der Waals surface area contributed by atoms with E-state index < -0.39 is 6.43 Å². The third kappa shape index (κ3) is 18.3. The molecule has 17 nitrogen and oxygen atoms in total. The maximum Gasteiger partial charge on any atom is 0.282 e. The van der Waals surface area contributed by atoms with Crippen LogP contribution in [0.3, 0.4) is 0 Å². The number of aryl methyl sites for hydroxylation is 3. The van der Waals surface area contributed by atoms with Crippen LogP contribution in [0, 0.1) is 0 Å². The third-order valence-corrected chi connectivity index (χ3v) is 12.1. The monoisotopic (exact) mass is 1130 g/mol. The number of aldehydes is 1. The number of anilines is 6. The summed E-state index contributed by atoms with van der Waals surface area (Å²) in [6.45, 7) is 4.54. The highest BCUT2D eigenvalue weighted by atomic mass is 35.5. The number of carbonyl (C=O) groups is 4. The second-order valence-electron chi connectivity index (χ2n) is 17.9. The first kappa shape index (κ1) is 58.2. The van der Waals surface area contributed by atoms with Gasteiger partial charge in [-0.1, -0.05) is 34.8 Å². The van der Waals surface area contributed by atoms with E-state index in [0.29, 0.717) is 106 Å². The number of ketones is 3. The van der Waals surface area contributed by atoms with Gasteiger partial charge in [0.15, 0.2) is 23.7 Å². The summed E-state index contributed by atoms with van der Waals surface area (Å²) in [6, 6.07) is 37.4. The Morgan fingerprint density at radius 2 is 0.873 bits per heavy atom. The van der Waals surface area contributed by atoms with Crippen molar-refractivity contribution in [3.8, 4) is 17.5 Å². The molecule has 0 fully saturated rings. The Morgan fingerprint density at radius 3 is 1.19 bits per heavy atom. The molecule has 0 saturated heterocycles. The highest BCUT2D eigenvalue weighted by Gasteiger charge is 2.15. The van der Waals surface area contributed by atoms with Gasteiger partial charge in [0.1, 0.15) is 46.2 Å². The molecule has 6 heterocycles. The summed E-state index contributed by atoms with van der Waals surface area (Å²) in [6.07, 6.45) is 5.91. The van der Waals surface area contributed by atoms with E-state index in [1.165, 1.54) is 28.6 Å². The molecule has 22 heteroatoms. The number of benzene rings is 3. The Morgan fingerprint density at radius 1 is 0.519 bits per heavy atom. The fraction of sp³-hybridized carbons (Fsp3) is 0.193. The Hall–Kier alpha value is -8.49. The molecule has 0 aliphatic rings. The summed E-state index contributed by atoms with van der Waals surface area (Å²) in [5, 5.41) is 33.1. The van der Waals surface area contributed by atoms with Crippen LogP contribution in [-0.2, 0) is 40.3 Å². The van der Waals surface area contributed by atoms with E-state index in [1.807, 2.05) is 54.6 Å². The van der Waals surface area contributed by atoms with Gasteiger partial charge < -0.3 is 35.4 Å². The van der Waals surface area contributed by atoms with Crippen LogP contribution in [0.25, 0.3) is 17.5 Å². The third-order valence-electron chi connectivity index (χ3n) is 11.3. The number of rotatable bonds is 21. The molecule has 3 aromatic carbocycles. The van der Waals surface area contributed by atoms with Gasteiger partial charge in [0.2, 0.25) is 0 Å². The molecular weight excluding hydrogens is 1080 g/mol. The first-order valence-corrected chi connectivity index (χ1v) is 25.7. The van der Waals surface area contributed by atoms with Gasteiger partial charge in [-0.3, -0.25) is 4.79 Å². The minimum atomic E-state index is -2.65. The van der Waals surface area contributed by atoms with Crippen molar-refractivity contribution in [1.29, 1.82) is 0 Å². The minimum Gasteiger partial charge on any atom is -0.390 e. The maximum atomic E-state index is 12.8. The predicted molar refractivity (Wildman–Crippen MR) is 302 cm³/mol. The van der Waals surface area contributed by atoms with E-state index >= 15 is 0 Å². The molecule has 0 unspecified atom stereocenters. The summed E-state index contributed by atoms with van der Waals surface area (Å²) in [4.78, 5) is 58.4. The second kappa shape index (κ2) is 28.2. The standard InChI is InChI=1S/C19H17ClF2N4O.C19H19ClN4O2.C19H17ClN4O2/c1-12(27)2-3-13-10-17(23-15-6-4-14(20)5-7-15)24-18(11-13)26-9-8-16(25-26)19(21)22;2*1-13(26)2-3-14-10-18(21-16-6-4-15(20)5-7-16)22-19(11-14)24-9-8-17(12-25)23-24/h4-11,19H,2-3H2,1H3,(H,23,24);4-11,25H,2-3,12H2,1H3,(H,21,22);4-12H,2-3H2,1H3,(H,21,22). The van der Waals surface area contributed by atoms with Gasteiger partial charge in [0, 0.05) is 70.0 Å². The van der Waals surface area contributed by atoms with Gasteiger partial charge >= 0.3 is 0 Å². The van der Waals surface area contributed by atoms with Gasteiger partial charge in [-0.2, -0.15) is 15.3 Å².